The van der Waals surface area contributed by atoms with Gasteiger partial charge in [0.15, 0.2) is 0 Å². The van der Waals surface area contributed by atoms with Crippen LogP contribution in [0.2, 0.25) is 0 Å². The Balaban J connectivity index is 1.39. The molecule has 0 spiro atoms. The van der Waals surface area contributed by atoms with Crippen molar-refractivity contribution in [2.24, 2.45) is 5.92 Å². The average Bonchev–Trinajstić information content (AvgIpc) is 3.13. The van der Waals surface area contributed by atoms with Gasteiger partial charge >= 0.3 is 0 Å². The van der Waals surface area contributed by atoms with Gasteiger partial charge in [0, 0.05) is 12.2 Å². The normalized spacial score (nSPS) is 15.4. The number of hydrogen-bond acceptors (Lipinski definition) is 3. The van der Waals surface area contributed by atoms with Crippen molar-refractivity contribution in [3.8, 4) is 5.69 Å². The number of rotatable bonds is 5. The Morgan fingerprint density at radius 3 is 2.45 bits per heavy atom. The Labute approximate surface area is 172 Å². The Bertz CT molecular complexity index is 954. The van der Waals surface area contributed by atoms with Crippen LogP contribution >= 0.6 is 0 Å². The van der Waals surface area contributed by atoms with Gasteiger partial charge in [0.1, 0.15) is 0 Å². The van der Waals surface area contributed by atoms with Crippen LogP contribution in [-0.2, 0) is 6.54 Å². The van der Waals surface area contributed by atoms with Crippen molar-refractivity contribution < 1.29 is 4.79 Å². The molecule has 2 aromatic carbocycles. The Kier molecular flexibility index (Phi) is 5.76. The van der Waals surface area contributed by atoms with E-state index in [1.807, 2.05) is 49.4 Å². The monoisotopic (exact) mass is 388 g/mol. The summed E-state index contributed by atoms with van der Waals surface area (Å²) in [6.07, 6.45) is 4.19. The van der Waals surface area contributed by atoms with Gasteiger partial charge < -0.3 is 5.32 Å². The van der Waals surface area contributed by atoms with E-state index in [-0.39, 0.29) is 5.91 Å². The molecule has 1 amide bonds. The van der Waals surface area contributed by atoms with E-state index in [0.717, 1.165) is 29.5 Å². The van der Waals surface area contributed by atoms with Gasteiger partial charge in [-0.3, -0.25) is 9.69 Å². The largest absolute Gasteiger partial charge is 0.322 e. The average molecular weight is 389 g/mol. The van der Waals surface area contributed by atoms with Gasteiger partial charge in [-0.05, 0) is 68.6 Å². The maximum Gasteiger partial charge on any atom is 0.259 e. The number of piperidine rings is 1. The summed E-state index contributed by atoms with van der Waals surface area (Å²) in [5.74, 6) is 0.709. The highest BCUT2D eigenvalue weighted by Crippen LogP contribution is 2.20. The van der Waals surface area contributed by atoms with Gasteiger partial charge in [0.25, 0.3) is 5.91 Å². The SMILES string of the molecule is Cc1c(C(=O)Nc2ccc(CN3CCC(C)CC3)cc2)cnn1-c1ccccc1. The lowest BCUT2D eigenvalue weighted by atomic mass is 9.99. The molecule has 0 saturated carbocycles. The molecule has 0 radical (unpaired) electrons. The number of carbonyl (C=O) groups is 1. The Morgan fingerprint density at radius 2 is 1.76 bits per heavy atom. The maximum atomic E-state index is 12.7. The lowest BCUT2D eigenvalue weighted by Gasteiger charge is -2.30. The van der Waals surface area contributed by atoms with E-state index in [0.29, 0.717) is 5.56 Å². The standard InChI is InChI=1S/C24H28N4O/c1-18-12-14-27(15-13-18)17-20-8-10-21(11-9-20)26-24(29)23-16-25-28(19(23)2)22-6-4-3-5-7-22/h3-11,16,18H,12-15,17H2,1-2H3,(H,26,29). The number of carbonyl (C=O) groups excluding carboxylic acids is 1. The smallest absolute Gasteiger partial charge is 0.259 e. The molecule has 1 aliphatic heterocycles. The second-order valence-electron chi connectivity index (χ2n) is 8.00. The first-order valence-electron chi connectivity index (χ1n) is 10.3. The zero-order valence-corrected chi connectivity index (χ0v) is 17.1. The highest BCUT2D eigenvalue weighted by molar-refractivity contribution is 6.04. The van der Waals surface area contributed by atoms with Crippen LogP contribution in [0.1, 0.15) is 41.4 Å². The lowest BCUT2D eigenvalue weighted by molar-refractivity contribution is 0.102. The molecule has 4 rings (SSSR count). The number of nitrogens with zero attached hydrogens (tertiary/aromatic N) is 3. The van der Waals surface area contributed by atoms with Gasteiger partial charge in [-0.15, -0.1) is 0 Å². The summed E-state index contributed by atoms with van der Waals surface area (Å²) >= 11 is 0. The third kappa shape index (κ3) is 4.57. The minimum Gasteiger partial charge on any atom is -0.322 e. The van der Waals surface area contributed by atoms with Crippen molar-refractivity contribution in [1.29, 1.82) is 0 Å². The summed E-state index contributed by atoms with van der Waals surface area (Å²) in [6.45, 7) is 7.57. The number of amides is 1. The van der Waals surface area contributed by atoms with Crippen LogP contribution in [0, 0.1) is 12.8 Å². The first-order chi connectivity index (χ1) is 14.1. The summed E-state index contributed by atoms with van der Waals surface area (Å²) in [5.41, 5.74) is 4.44. The lowest BCUT2D eigenvalue weighted by Crippen LogP contribution is -2.32. The van der Waals surface area contributed by atoms with E-state index in [4.69, 9.17) is 0 Å². The van der Waals surface area contributed by atoms with E-state index in [1.54, 1.807) is 10.9 Å². The zero-order chi connectivity index (χ0) is 20.2. The molecule has 1 aromatic heterocycles. The van der Waals surface area contributed by atoms with Crippen LogP contribution in [0.4, 0.5) is 5.69 Å². The van der Waals surface area contributed by atoms with Gasteiger partial charge in [-0.2, -0.15) is 5.10 Å². The number of nitrogens with one attached hydrogen (secondary N) is 1. The number of benzene rings is 2. The zero-order valence-electron chi connectivity index (χ0n) is 17.1. The Morgan fingerprint density at radius 1 is 1.07 bits per heavy atom. The summed E-state index contributed by atoms with van der Waals surface area (Å²) in [6, 6.07) is 18.0. The molecule has 0 unspecified atom stereocenters. The van der Waals surface area contributed by atoms with Crippen molar-refractivity contribution in [1.82, 2.24) is 14.7 Å². The molecule has 0 aliphatic carbocycles. The first-order valence-corrected chi connectivity index (χ1v) is 10.3. The number of likely N-dealkylation sites (tertiary alicyclic amines) is 1. The van der Waals surface area contributed by atoms with E-state index >= 15 is 0 Å². The molecule has 29 heavy (non-hydrogen) atoms. The molecule has 5 heteroatoms. The summed E-state index contributed by atoms with van der Waals surface area (Å²) in [7, 11) is 0. The summed E-state index contributed by atoms with van der Waals surface area (Å²) in [5, 5.41) is 7.38. The molecule has 1 fully saturated rings. The van der Waals surface area contributed by atoms with Crippen molar-refractivity contribution in [2.75, 3.05) is 18.4 Å². The molecule has 150 valence electrons. The second-order valence-corrected chi connectivity index (χ2v) is 8.00. The molecule has 1 aliphatic rings. The molecular weight excluding hydrogens is 360 g/mol. The quantitative estimate of drug-likeness (QED) is 0.691. The molecule has 0 bridgehead atoms. The molecule has 5 nitrogen and oxygen atoms in total. The van der Waals surface area contributed by atoms with E-state index in [9.17, 15) is 4.79 Å². The summed E-state index contributed by atoms with van der Waals surface area (Å²) in [4.78, 5) is 15.2. The molecular formula is C24H28N4O. The predicted octanol–water partition coefficient (Wildman–Crippen LogP) is 4.66. The van der Waals surface area contributed by atoms with Gasteiger partial charge in [-0.25, -0.2) is 4.68 Å². The predicted molar refractivity (Wildman–Crippen MR) is 116 cm³/mol. The van der Waals surface area contributed by atoms with Gasteiger partial charge in [0.05, 0.1) is 23.1 Å². The summed E-state index contributed by atoms with van der Waals surface area (Å²) < 4.78 is 1.79. The van der Waals surface area contributed by atoms with Crippen molar-refractivity contribution in [3.05, 3.63) is 77.6 Å². The third-order valence-corrected chi connectivity index (χ3v) is 5.75. The minimum absolute atomic E-state index is 0.137. The Hall–Kier alpha value is -2.92. The fourth-order valence-electron chi connectivity index (χ4n) is 3.83. The molecule has 1 saturated heterocycles. The van der Waals surface area contributed by atoms with Crippen LogP contribution < -0.4 is 5.32 Å². The van der Waals surface area contributed by atoms with Crippen LogP contribution in [-0.4, -0.2) is 33.7 Å². The minimum atomic E-state index is -0.137. The van der Waals surface area contributed by atoms with Gasteiger partial charge in [-0.1, -0.05) is 37.3 Å². The molecule has 2 heterocycles. The highest BCUT2D eigenvalue weighted by atomic mass is 16.1. The van der Waals surface area contributed by atoms with Crippen molar-refractivity contribution in [2.45, 2.75) is 33.2 Å². The van der Waals surface area contributed by atoms with Crippen molar-refractivity contribution in [3.63, 3.8) is 0 Å². The topological polar surface area (TPSA) is 50.2 Å². The number of para-hydroxylation sites is 1. The van der Waals surface area contributed by atoms with Crippen LogP contribution in [0.15, 0.2) is 60.8 Å². The number of hydrogen-bond donors (Lipinski definition) is 1. The fraction of sp³-hybridized carbons (Fsp3) is 0.333. The van der Waals surface area contributed by atoms with Crippen LogP contribution in [0.5, 0.6) is 0 Å². The van der Waals surface area contributed by atoms with Crippen LogP contribution in [0.3, 0.4) is 0 Å². The van der Waals surface area contributed by atoms with Crippen molar-refractivity contribution >= 4 is 11.6 Å². The molecule has 0 atom stereocenters. The molecule has 3 aromatic rings. The van der Waals surface area contributed by atoms with Gasteiger partial charge in [0.2, 0.25) is 0 Å². The second kappa shape index (κ2) is 8.62. The molecule has 1 N–H and O–H groups in total. The third-order valence-electron chi connectivity index (χ3n) is 5.75. The maximum absolute atomic E-state index is 12.7. The highest BCUT2D eigenvalue weighted by Gasteiger charge is 2.17. The van der Waals surface area contributed by atoms with Crippen LogP contribution in [0.25, 0.3) is 5.69 Å². The number of aromatic nitrogens is 2. The van der Waals surface area contributed by atoms with E-state index in [1.165, 1.54) is 31.5 Å². The fourth-order valence-corrected chi connectivity index (χ4v) is 3.83. The van der Waals surface area contributed by atoms with E-state index in [2.05, 4.69) is 34.4 Å². The number of anilines is 1. The first kappa shape index (κ1) is 19.4. The van der Waals surface area contributed by atoms with E-state index < -0.39 is 0 Å².